The molecule has 0 radical (unpaired) electrons. The van der Waals surface area contributed by atoms with Crippen LogP contribution in [0.4, 0.5) is 11.4 Å². The molecule has 0 aliphatic heterocycles. The minimum absolute atomic E-state index is 0.139. The average Bonchev–Trinajstić information content (AvgIpc) is 3.05. The van der Waals surface area contributed by atoms with Crippen LogP contribution in [0.15, 0.2) is 41.8 Å². The lowest BCUT2D eigenvalue weighted by atomic mass is 10.2. The number of nitrogens with zero attached hydrogens (tertiary/aromatic N) is 1. The molecule has 0 atom stereocenters. The molecule has 6 nitrogen and oxygen atoms in total. The second kappa shape index (κ2) is 8.26. The highest BCUT2D eigenvalue weighted by Crippen LogP contribution is 2.19. The van der Waals surface area contributed by atoms with E-state index in [9.17, 15) is 14.4 Å². The molecule has 24 heavy (non-hydrogen) atoms. The molecule has 0 saturated heterocycles. The average molecular weight is 345 g/mol. The predicted molar refractivity (Wildman–Crippen MR) is 95.4 cm³/mol. The van der Waals surface area contributed by atoms with E-state index in [1.165, 1.54) is 25.2 Å². The van der Waals surface area contributed by atoms with Gasteiger partial charge in [0.05, 0.1) is 4.88 Å². The van der Waals surface area contributed by atoms with Crippen LogP contribution in [0.5, 0.6) is 0 Å². The third-order valence-corrected chi connectivity index (χ3v) is 4.09. The fraction of sp³-hybridized carbons (Fsp3) is 0.235. The quantitative estimate of drug-likeness (QED) is 0.844. The summed E-state index contributed by atoms with van der Waals surface area (Å²) in [6.45, 7) is 3.57. The summed E-state index contributed by atoms with van der Waals surface area (Å²) in [4.78, 5) is 37.2. The summed E-state index contributed by atoms with van der Waals surface area (Å²) in [5, 5.41) is 7.32. The number of nitrogens with one attached hydrogen (secondary N) is 2. The molecular weight excluding hydrogens is 326 g/mol. The standard InChI is InChI=1S/C17H19N3O3S/c1-12(21)19-14-5-3-6-15(11-14)20(13(2)22)9-8-18-17(23)16-7-4-10-24-16/h3-7,10-11H,8-9H2,1-2H3,(H,18,23)(H,19,21). The van der Waals surface area contributed by atoms with Gasteiger partial charge in [-0.2, -0.15) is 0 Å². The van der Waals surface area contributed by atoms with E-state index in [0.29, 0.717) is 29.3 Å². The van der Waals surface area contributed by atoms with Crippen molar-refractivity contribution in [2.45, 2.75) is 13.8 Å². The molecule has 0 aliphatic carbocycles. The first kappa shape index (κ1) is 17.7. The molecule has 0 bridgehead atoms. The molecule has 3 amide bonds. The molecule has 7 heteroatoms. The van der Waals surface area contributed by atoms with Crippen LogP contribution >= 0.6 is 11.3 Å². The second-order valence-corrected chi connectivity index (χ2v) is 6.08. The molecule has 126 valence electrons. The summed E-state index contributed by atoms with van der Waals surface area (Å²) in [6.07, 6.45) is 0. The zero-order chi connectivity index (χ0) is 17.5. The van der Waals surface area contributed by atoms with E-state index in [4.69, 9.17) is 0 Å². The number of rotatable bonds is 6. The maximum atomic E-state index is 11.9. The normalized spacial score (nSPS) is 10.1. The van der Waals surface area contributed by atoms with Gasteiger partial charge in [0.25, 0.3) is 5.91 Å². The van der Waals surface area contributed by atoms with Crippen LogP contribution in [0.1, 0.15) is 23.5 Å². The molecule has 2 rings (SSSR count). The number of hydrogen-bond donors (Lipinski definition) is 2. The SMILES string of the molecule is CC(=O)Nc1cccc(N(CCNC(=O)c2cccs2)C(C)=O)c1. The van der Waals surface area contributed by atoms with Crippen LogP contribution in [0.25, 0.3) is 0 Å². The first-order valence-corrected chi connectivity index (χ1v) is 8.33. The molecule has 0 spiro atoms. The van der Waals surface area contributed by atoms with Crippen molar-refractivity contribution in [1.82, 2.24) is 5.32 Å². The summed E-state index contributed by atoms with van der Waals surface area (Å²) >= 11 is 1.37. The molecule has 0 fully saturated rings. The highest BCUT2D eigenvalue weighted by Gasteiger charge is 2.13. The number of thiophene rings is 1. The Hall–Kier alpha value is -2.67. The van der Waals surface area contributed by atoms with Gasteiger partial charge in [-0.1, -0.05) is 12.1 Å². The lowest BCUT2D eigenvalue weighted by Crippen LogP contribution is -2.37. The molecule has 0 aliphatic rings. The minimum Gasteiger partial charge on any atom is -0.350 e. The number of carbonyl (C=O) groups excluding carboxylic acids is 3. The van der Waals surface area contributed by atoms with Crippen LogP contribution in [0.3, 0.4) is 0 Å². The van der Waals surface area contributed by atoms with Crippen molar-refractivity contribution < 1.29 is 14.4 Å². The molecule has 0 unspecified atom stereocenters. The fourth-order valence-electron chi connectivity index (χ4n) is 2.20. The van der Waals surface area contributed by atoms with Crippen molar-refractivity contribution in [3.8, 4) is 0 Å². The summed E-state index contributed by atoms with van der Waals surface area (Å²) in [5.74, 6) is -0.467. The Morgan fingerprint density at radius 1 is 1.12 bits per heavy atom. The molecule has 1 aromatic heterocycles. The maximum Gasteiger partial charge on any atom is 0.261 e. The number of hydrogen-bond acceptors (Lipinski definition) is 4. The minimum atomic E-state index is -0.176. The van der Waals surface area contributed by atoms with Crippen molar-refractivity contribution in [3.05, 3.63) is 46.7 Å². The zero-order valence-electron chi connectivity index (χ0n) is 13.5. The molecule has 1 aromatic carbocycles. The largest absolute Gasteiger partial charge is 0.350 e. The lowest BCUT2D eigenvalue weighted by Gasteiger charge is -2.22. The van der Waals surface area contributed by atoms with Crippen molar-refractivity contribution in [2.75, 3.05) is 23.3 Å². The Bertz CT molecular complexity index is 728. The van der Waals surface area contributed by atoms with Crippen molar-refractivity contribution >= 4 is 40.4 Å². The first-order valence-electron chi connectivity index (χ1n) is 7.45. The number of anilines is 2. The van der Waals surface area contributed by atoms with Crippen LogP contribution in [-0.2, 0) is 9.59 Å². The summed E-state index contributed by atoms with van der Waals surface area (Å²) in [7, 11) is 0. The molecule has 2 N–H and O–H groups in total. The van der Waals surface area contributed by atoms with E-state index in [0.717, 1.165) is 0 Å². The van der Waals surface area contributed by atoms with Crippen molar-refractivity contribution in [2.24, 2.45) is 0 Å². The molecule has 0 saturated carbocycles. The van der Waals surface area contributed by atoms with Crippen molar-refractivity contribution in [3.63, 3.8) is 0 Å². The van der Waals surface area contributed by atoms with Gasteiger partial charge in [0.1, 0.15) is 0 Å². The smallest absolute Gasteiger partial charge is 0.261 e. The Balaban J connectivity index is 2.00. The number of amides is 3. The van der Waals surface area contributed by atoms with Gasteiger partial charge in [0.2, 0.25) is 11.8 Å². The van der Waals surface area contributed by atoms with Gasteiger partial charge in [0, 0.05) is 38.3 Å². The van der Waals surface area contributed by atoms with Gasteiger partial charge in [-0.3, -0.25) is 14.4 Å². The highest BCUT2D eigenvalue weighted by molar-refractivity contribution is 7.12. The summed E-state index contributed by atoms with van der Waals surface area (Å²) in [5.41, 5.74) is 1.29. The predicted octanol–water partition coefficient (Wildman–Crippen LogP) is 2.49. The Kier molecular flexibility index (Phi) is 6.08. The zero-order valence-corrected chi connectivity index (χ0v) is 14.4. The Morgan fingerprint density at radius 3 is 2.54 bits per heavy atom. The Morgan fingerprint density at radius 2 is 1.92 bits per heavy atom. The third-order valence-electron chi connectivity index (χ3n) is 3.22. The van der Waals surface area contributed by atoms with E-state index in [1.807, 2.05) is 11.4 Å². The lowest BCUT2D eigenvalue weighted by molar-refractivity contribution is -0.116. The molecule has 2 aromatic rings. The van der Waals surface area contributed by atoms with Gasteiger partial charge in [-0.15, -0.1) is 11.3 Å². The van der Waals surface area contributed by atoms with Crippen LogP contribution in [-0.4, -0.2) is 30.8 Å². The van der Waals surface area contributed by atoms with Gasteiger partial charge in [-0.05, 0) is 29.6 Å². The second-order valence-electron chi connectivity index (χ2n) is 5.14. The maximum absolute atomic E-state index is 11.9. The van der Waals surface area contributed by atoms with E-state index >= 15 is 0 Å². The fourth-order valence-corrected chi connectivity index (χ4v) is 2.84. The number of benzene rings is 1. The molecular formula is C17H19N3O3S. The van der Waals surface area contributed by atoms with Gasteiger partial charge in [0.15, 0.2) is 0 Å². The van der Waals surface area contributed by atoms with E-state index < -0.39 is 0 Å². The first-order chi connectivity index (χ1) is 11.5. The highest BCUT2D eigenvalue weighted by atomic mass is 32.1. The third kappa shape index (κ3) is 4.92. The number of carbonyl (C=O) groups is 3. The summed E-state index contributed by atoms with van der Waals surface area (Å²) in [6, 6.07) is 10.6. The monoisotopic (exact) mass is 345 g/mol. The van der Waals surface area contributed by atoms with Crippen LogP contribution < -0.4 is 15.5 Å². The van der Waals surface area contributed by atoms with E-state index in [-0.39, 0.29) is 17.7 Å². The van der Waals surface area contributed by atoms with E-state index in [1.54, 1.807) is 35.2 Å². The summed E-state index contributed by atoms with van der Waals surface area (Å²) < 4.78 is 0. The van der Waals surface area contributed by atoms with Gasteiger partial charge >= 0.3 is 0 Å². The van der Waals surface area contributed by atoms with Gasteiger partial charge in [-0.25, -0.2) is 0 Å². The Labute approximate surface area is 144 Å². The van der Waals surface area contributed by atoms with Crippen molar-refractivity contribution in [1.29, 1.82) is 0 Å². The topological polar surface area (TPSA) is 78.5 Å². The van der Waals surface area contributed by atoms with Crippen LogP contribution in [0, 0.1) is 0 Å². The van der Waals surface area contributed by atoms with Gasteiger partial charge < -0.3 is 15.5 Å². The van der Waals surface area contributed by atoms with E-state index in [2.05, 4.69) is 10.6 Å². The molecule has 1 heterocycles. The van der Waals surface area contributed by atoms with Crippen LogP contribution in [0.2, 0.25) is 0 Å².